The number of imidazole rings is 1. The molecule has 0 aliphatic carbocycles. The first-order valence-corrected chi connectivity index (χ1v) is 11.0. The van der Waals surface area contributed by atoms with E-state index in [1.165, 1.54) is 29.7 Å². The lowest BCUT2D eigenvalue weighted by Gasteiger charge is -2.40. The number of halogens is 1. The van der Waals surface area contributed by atoms with E-state index in [2.05, 4.69) is 37.6 Å². The summed E-state index contributed by atoms with van der Waals surface area (Å²) in [5, 5.41) is 15.3. The second-order valence-corrected chi connectivity index (χ2v) is 10.6. The van der Waals surface area contributed by atoms with E-state index >= 15 is 0 Å². The Bertz CT molecular complexity index is 824. The molecular formula is C13H20IN5O3S2. The van der Waals surface area contributed by atoms with Gasteiger partial charge in [0.25, 0.3) is 0 Å². The Morgan fingerprint density at radius 3 is 2.62 bits per heavy atom. The molecule has 0 spiro atoms. The van der Waals surface area contributed by atoms with Crippen LogP contribution < -0.4 is 4.90 Å². The van der Waals surface area contributed by atoms with Gasteiger partial charge in [0.1, 0.15) is 3.70 Å². The number of rotatable bonds is 5. The summed E-state index contributed by atoms with van der Waals surface area (Å²) in [4.78, 5) is 7.30. The molecule has 0 atom stereocenters. The van der Waals surface area contributed by atoms with Gasteiger partial charge in [0.2, 0.25) is 20.1 Å². The van der Waals surface area contributed by atoms with E-state index in [1.807, 2.05) is 4.52 Å². The highest BCUT2D eigenvalue weighted by Crippen LogP contribution is 2.36. The van der Waals surface area contributed by atoms with Gasteiger partial charge in [-0.1, -0.05) is 11.3 Å². The van der Waals surface area contributed by atoms with E-state index in [0.29, 0.717) is 25.9 Å². The van der Waals surface area contributed by atoms with Crippen LogP contribution in [-0.4, -0.2) is 72.0 Å². The van der Waals surface area contributed by atoms with E-state index in [1.54, 1.807) is 6.20 Å². The molecule has 11 heteroatoms. The topological polar surface area (TPSA) is 91.0 Å². The minimum atomic E-state index is -3.34. The molecule has 0 bridgehead atoms. The van der Waals surface area contributed by atoms with Crippen LogP contribution in [0.25, 0.3) is 4.96 Å². The maximum atomic E-state index is 12.2. The molecular weight excluding hydrogens is 465 g/mol. The zero-order chi connectivity index (χ0) is 17.5. The van der Waals surface area contributed by atoms with Gasteiger partial charge in [-0.2, -0.15) is 4.52 Å². The van der Waals surface area contributed by atoms with Crippen molar-refractivity contribution in [1.82, 2.24) is 18.9 Å². The Labute approximate surface area is 158 Å². The maximum absolute atomic E-state index is 12.2. The van der Waals surface area contributed by atoms with Gasteiger partial charge in [-0.05, 0) is 35.4 Å². The molecule has 24 heavy (non-hydrogen) atoms. The summed E-state index contributed by atoms with van der Waals surface area (Å²) >= 11 is 3.71. The average Bonchev–Trinajstić information content (AvgIpc) is 3.10. The third-order valence-electron chi connectivity index (χ3n) is 4.51. The van der Waals surface area contributed by atoms with Crippen molar-refractivity contribution < 1.29 is 13.5 Å². The number of aromatic nitrogens is 3. The molecule has 134 valence electrons. The van der Waals surface area contributed by atoms with Gasteiger partial charge in [0.15, 0.2) is 0 Å². The standard InChI is InChI=1S/C13H20IN5O3S2/c1-17(2)24(21,22)9-13(8-20)3-5-18(6-4-13)12-16-19-10(14)7-15-11(19)23-12/h7,20H,3-6,8-9H2,1-2H3. The Morgan fingerprint density at radius 1 is 1.42 bits per heavy atom. The largest absolute Gasteiger partial charge is 0.396 e. The van der Waals surface area contributed by atoms with Crippen molar-refractivity contribution in [2.75, 3.05) is 44.4 Å². The summed E-state index contributed by atoms with van der Waals surface area (Å²) in [6.45, 7) is 1.24. The van der Waals surface area contributed by atoms with Crippen LogP contribution in [0, 0.1) is 9.12 Å². The van der Waals surface area contributed by atoms with Crippen molar-refractivity contribution in [3.63, 3.8) is 0 Å². The lowest BCUT2D eigenvalue weighted by atomic mass is 9.81. The highest BCUT2D eigenvalue weighted by Gasteiger charge is 2.39. The minimum Gasteiger partial charge on any atom is -0.396 e. The van der Waals surface area contributed by atoms with Crippen LogP contribution >= 0.6 is 33.9 Å². The van der Waals surface area contributed by atoms with Gasteiger partial charge >= 0.3 is 0 Å². The lowest BCUT2D eigenvalue weighted by molar-refractivity contribution is 0.116. The molecule has 0 unspecified atom stereocenters. The molecule has 1 saturated heterocycles. The van der Waals surface area contributed by atoms with E-state index in [0.717, 1.165) is 13.8 Å². The monoisotopic (exact) mass is 485 g/mol. The quantitative estimate of drug-likeness (QED) is 0.633. The van der Waals surface area contributed by atoms with E-state index in [-0.39, 0.29) is 12.4 Å². The van der Waals surface area contributed by atoms with E-state index in [9.17, 15) is 13.5 Å². The number of hydrogen-bond acceptors (Lipinski definition) is 7. The Hall–Kier alpha value is -0.500. The summed E-state index contributed by atoms with van der Waals surface area (Å²) in [5.74, 6) is -0.0174. The number of hydrogen-bond donors (Lipinski definition) is 1. The van der Waals surface area contributed by atoms with Gasteiger partial charge in [-0.15, -0.1) is 5.10 Å². The number of piperidine rings is 1. The van der Waals surface area contributed by atoms with Crippen LogP contribution in [0.4, 0.5) is 5.13 Å². The van der Waals surface area contributed by atoms with Crippen LogP contribution in [0.15, 0.2) is 6.20 Å². The second kappa shape index (κ2) is 6.67. The molecule has 0 radical (unpaired) electrons. The molecule has 0 aromatic carbocycles. The average molecular weight is 485 g/mol. The van der Waals surface area contributed by atoms with Gasteiger partial charge < -0.3 is 10.0 Å². The van der Waals surface area contributed by atoms with Crippen molar-refractivity contribution in [3.8, 4) is 0 Å². The SMILES string of the molecule is CN(C)S(=O)(=O)CC1(CO)CCN(c2nn3c(I)cnc3s2)CC1. The third kappa shape index (κ3) is 3.41. The summed E-state index contributed by atoms with van der Waals surface area (Å²) in [6.07, 6.45) is 3.02. The van der Waals surface area contributed by atoms with Crippen molar-refractivity contribution in [2.45, 2.75) is 12.8 Å². The van der Waals surface area contributed by atoms with E-state index < -0.39 is 15.4 Å². The predicted octanol–water partition coefficient (Wildman–Crippen LogP) is 0.866. The molecule has 8 nitrogen and oxygen atoms in total. The molecule has 0 amide bonds. The molecule has 1 N–H and O–H groups in total. The van der Waals surface area contributed by atoms with Crippen LogP contribution in [0.3, 0.4) is 0 Å². The molecule has 3 heterocycles. The number of aliphatic hydroxyl groups is 1. The van der Waals surface area contributed by atoms with Crippen LogP contribution in [0.5, 0.6) is 0 Å². The maximum Gasteiger partial charge on any atom is 0.214 e. The fraction of sp³-hybridized carbons (Fsp3) is 0.692. The highest BCUT2D eigenvalue weighted by molar-refractivity contribution is 14.1. The molecule has 1 aliphatic heterocycles. The van der Waals surface area contributed by atoms with Crippen molar-refractivity contribution >= 4 is 54.0 Å². The van der Waals surface area contributed by atoms with Gasteiger partial charge in [-0.25, -0.2) is 17.7 Å². The molecule has 2 aromatic rings. The molecule has 2 aromatic heterocycles. The number of sulfonamides is 1. The fourth-order valence-corrected chi connectivity index (χ4v) is 5.80. The zero-order valence-corrected chi connectivity index (χ0v) is 17.3. The van der Waals surface area contributed by atoms with E-state index in [4.69, 9.17) is 0 Å². The predicted molar refractivity (Wildman–Crippen MR) is 102 cm³/mol. The molecule has 3 rings (SSSR count). The number of aliphatic hydroxyl groups excluding tert-OH is 1. The first kappa shape index (κ1) is 18.3. The van der Waals surface area contributed by atoms with Crippen molar-refractivity contribution in [3.05, 3.63) is 9.90 Å². The summed E-state index contributed by atoms with van der Waals surface area (Å²) in [7, 11) is -0.280. The van der Waals surface area contributed by atoms with Crippen molar-refractivity contribution in [1.29, 1.82) is 0 Å². The molecule has 1 aliphatic rings. The Balaban J connectivity index is 1.73. The fourth-order valence-electron chi connectivity index (χ4n) is 2.82. The van der Waals surface area contributed by atoms with Crippen LogP contribution in [-0.2, 0) is 10.0 Å². The summed E-state index contributed by atoms with van der Waals surface area (Å²) in [6, 6.07) is 0. The van der Waals surface area contributed by atoms with Crippen LogP contribution in [0.1, 0.15) is 12.8 Å². The third-order valence-corrected chi connectivity index (χ3v) is 8.32. The van der Waals surface area contributed by atoms with Gasteiger partial charge in [-0.3, -0.25) is 0 Å². The number of fused-ring (bicyclic) bond motifs is 1. The number of anilines is 1. The Morgan fingerprint density at radius 2 is 2.08 bits per heavy atom. The van der Waals surface area contributed by atoms with Gasteiger partial charge in [0, 0.05) is 39.2 Å². The summed E-state index contributed by atoms with van der Waals surface area (Å²) in [5.41, 5.74) is -0.578. The lowest BCUT2D eigenvalue weighted by Crippen LogP contribution is -2.47. The Kier molecular flexibility index (Phi) is 5.08. The molecule has 1 fully saturated rings. The first-order chi connectivity index (χ1) is 11.3. The number of nitrogens with zero attached hydrogens (tertiary/aromatic N) is 5. The first-order valence-electron chi connectivity index (χ1n) is 7.52. The van der Waals surface area contributed by atoms with Gasteiger partial charge in [0.05, 0.1) is 11.9 Å². The minimum absolute atomic E-state index is 0.0174. The smallest absolute Gasteiger partial charge is 0.214 e. The molecule has 0 saturated carbocycles. The normalized spacial score (nSPS) is 18.6. The van der Waals surface area contributed by atoms with Crippen molar-refractivity contribution in [2.24, 2.45) is 5.41 Å². The second-order valence-electron chi connectivity index (χ2n) is 6.34. The highest BCUT2D eigenvalue weighted by atomic mass is 127. The summed E-state index contributed by atoms with van der Waals surface area (Å²) < 4.78 is 28.4. The van der Waals surface area contributed by atoms with Crippen LogP contribution in [0.2, 0.25) is 0 Å². The zero-order valence-electron chi connectivity index (χ0n) is 13.5.